The van der Waals surface area contributed by atoms with Crippen LogP contribution in [0.4, 0.5) is 4.39 Å². The first-order valence-electron chi connectivity index (χ1n) is 8.91. The Morgan fingerprint density at radius 3 is 2.79 bits per heavy atom. The lowest BCUT2D eigenvalue weighted by Gasteiger charge is -2.05. The van der Waals surface area contributed by atoms with Crippen LogP contribution in [0.25, 0.3) is 22.7 Å². The van der Waals surface area contributed by atoms with E-state index in [-0.39, 0.29) is 11.6 Å². The minimum Gasteiger partial charge on any atom is -0.476 e. The summed E-state index contributed by atoms with van der Waals surface area (Å²) in [4.78, 5) is 17.7. The molecule has 0 radical (unpaired) electrons. The summed E-state index contributed by atoms with van der Waals surface area (Å²) in [6.45, 7) is 4.42. The van der Waals surface area contributed by atoms with Gasteiger partial charge in [-0.05, 0) is 54.9 Å². The SMILES string of the molecule is CCCOc1nc(Sc2ccc(C)cn2)nc2oc(-c3cc(F)ccc3Cl)nc12. The number of hydrogen-bond acceptors (Lipinski definition) is 7. The molecule has 0 spiro atoms. The summed E-state index contributed by atoms with van der Waals surface area (Å²) < 4.78 is 25.2. The van der Waals surface area contributed by atoms with Crippen molar-refractivity contribution >= 4 is 34.6 Å². The smallest absolute Gasteiger partial charge is 0.255 e. The van der Waals surface area contributed by atoms with Gasteiger partial charge in [0.15, 0.2) is 5.52 Å². The fraction of sp³-hybridized carbons (Fsp3) is 0.200. The van der Waals surface area contributed by atoms with E-state index in [1.807, 2.05) is 26.0 Å². The number of ether oxygens (including phenoxy) is 1. The van der Waals surface area contributed by atoms with Gasteiger partial charge >= 0.3 is 0 Å². The highest BCUT2D eigenvalue weighted by atomic mass is 35.5. The second-order valence-corrected chi connectivity index (χ2v) is 7.63. The molecule has 0 fully saturated rings. The number of pyridine rings is 1. The zero-order valence-corrected chi connectivity index (χ0v) is 17.2. The van der Waals surface area contributed by atoms with E-state index in [0.717, 1.165) is 17.0 Å². The van der Waals surface area contributed by atoms with Gasteiger partial charge in [-0.15, -0.1) is 0 Å². The second-order valence-electron chi connectivity index (χ2n) is 6.23. The van der Waals surface area contributed by atoms with E-state index in [4.69, 9.17) is 20.8 Å². The average Bonchev–Trinajstić information content (AvgIpc) is 3.14. The van der Waals surface area contributed by atoms with Crippen LogP contribution in [-0.2, 0) is 0 Å². The normalized spacial score (nSPS) is 11.2. The number of oxazole rings is 1. The molecule has 148 valence electrons. The molecule has 0 aliphatic heterocycles. The fourth-order valence-corrected chi connectivity index (χ4v) is 3.39. The predicted molar refractivity (Wildman–Crippen MR) is 109 cm³/mol. The Bertz CT molecular complexity index is 1170. The van der Waals surface area contributed by atoms with Gasteiger partial charge < -0.3 is 9.15 Å². The standard InChI is InChI=1S/C20H16ClFN4O2S/c1-3-8-27-18-16-19(26-20(25-18)29-15-7-4-11(2)10-23-15)28-17(24-16)13-9-12(22)5-6-14(13)21/h4-7,9-10H,3,8H2,1-2H3. The largest absolute Gasteiger partial charge is 0.476 e. The zero-order chi connectivity index (χ0) is 20.4. The van der Waals surface area contributed by atoms with Crippen molar-refractivity contribution in [2.45, 2.75) is 30.5 Å². The number of hydrogen-bond donors (Lipinski definition) is 0. The molecule has 9 heteroatoms. The molecule has 0 saturated carbocycles. The zero-order valence-electron chi connectivity index (χ0n) is 15.6. The van der Waals surface area contributed by atoms with Crippen molar-refractivity contribution in [2.24, 2.45) is 0 Å². The third-order valence-electron chi connectivity index (χ3n) is 3.89. The van der Waals surface area contributed by atoms with Crippen molar-refractivity contribution in [1.82, 2.24) is 19.9 Å². The van der Waals surface area contributed by atoms with Gasteiger partial charge in [0.2, 0.25) is 16.9 Å². The second kappa shape index (κ2) is 8.34. The van der Waals surface area contributed by atoms with Crippen LogP contribution in [0.3, 0.4) is 0 Å². The molecule has 1 aromatic carbocycles. The number of fused-ring (bicyclic) bond motifs is 1. The molecule has 0 unspecified atom stereocenters. The van der Waals surface area contributed by atoms with Crippen LogP contribution in [0, 0.1) is 12.7 Å². The highest BCUT2D eigenvalue weighted by Crippen LogP contribution is 2.34. The van der Waals surface area contributed by atoms with Crippen molar-refractivity contribution in [3.05, 3.63) is 52.9 Å². The van der Waals surface area contributed by atoms with Crippen molar-refractivity contribution < 1.29 is 13.5 Å². The summed E-state index contributed by atoms with van der Waals surface area (Å²) >= 11 is 7.47. The number of benzene rings is 1. The quantitative estimate of drug-likeness (QED) is 0.362. The summed E-state index contributed by atoms with van der Waals surface area (Å²) in [6.07, 6.45) is 2.57. The highest BCUT2D eigenvalue weighted by Gasteiger charge is 2.20. The van der Waals surface area contributed by atoms with Crippen molar-refractivity contribution in [2.75, 3.05) is 6.61 Å². The molecule has 3 heterocycles. The monoisotopic (exact) mass is 430 g/mol. The van der Waals surface area contributed by atoms with Gasteiger partial charge in [0, 0.05) is 6.20 Å². The van der Waals surface area contributed by atoms with Crippen LogP contribution in [-0.4, -0.2) is 26.5 Å². The first-order chi connectivity index (χ1) is 14.0. The summed E-state index contributed by atoms with van der Waals surface area (Å²) in [7, 11) is 0. The van der Waals surface area contributed by atoms with Gasteiger partial charge in [-0.2, -0.15) is 9.97 Å². The molecule has 0 aliphatic carbocycles. The minimum absolute atomic E-state index is 0.149. The molecule has 6 nitrogen and oxygen atoms in total. The lowest BCUT2D eigenvalue weighted by atomic mass is 10.2. The lowest BCUT2D eigenvalue weighted by molar-refractivity contribution is 0.305. The van der Waals surface area contributed by atoms with E-state index in [2.05, 4.69) is 19.9 Å². The average molecular weight is 431 g/mol. The van der Waals surface area contributed by atoms with Crippen LogP contribution in [0.2, 0.25) is 5.02 Å². The Morgan fingerprint density at radius 2 is 2.03 bits per heavy atom. The van der Waals surface area contributed by atoms with E-state index in [1.54, 1.807) is 6.20 Å². The van der Waals surface area contributed by atoms with Crippen LogP contribution >= 0.6 is 23.4 Å². The predicted octanol–water partition coefficient (Wildman–Crippen LogP) is 5.72. The number of nitrogens with zero attached hydrogens (tertiary/aromatic N) is 4. The molecule has 29 heavy (non-hydrogen) atoms. The Balaban J connectivity index is 1.78. The molecule has 0 amide bonds. The molecule has 3 aromatic heterocycles. The molecule has 0 bridgehead atoms. The topological polar surface area (TPSA) is 73.9 Å². The molecule has 0 saturated heterocycles. The Kier molecular flexibility index (Phi) is 5.64. The summed E-state index contributed by atoms with van der Waals surface area (Å²) in [6, 6.07) is 7.83. The van der Waals surface area contributed by atoms with Crippen molar-refractivity contribution in [3.8, 4) is 17.3 Å². The first kappa shape index (κ1) is 19.6. The number of aromatic nitrogens is 4. The van der Waals surface area contributed by atoms with Gasteiger partial charge in [-0.25, -0.2) is 14.4 Å². The molecule has 0 atom stereocenters. The molecule has 4 aromatic rings. The van der Waals surface area contributed by atoms with E-state index < -0.39 is 5.82 Å². The van der Waals surface area contributed by atoms with Gasteiger partial charge in [-0.1, -0.05) is 24.6 Å². The maximum absolute atomic E-state index is 13.7. The first-order valence-corrected chi connectivity index (χ1v) is 10.1. The molecule has 4 rings (SSSR count). The van der Waals surface area contributed by atoms with Crippen molar-refractivity contribution in [3.63, 3.8) is 0 Å². The summed E-state index contributed by atoms with van der Waals surface area (Å²) in [5.41, 5.74) is 1.98. The fourth-order valence-electron chi connectivity index (χ4n) is 2.51. The number of halogens is 2. The van der Waals surface area contributed by atoms with Crippen LogP contribution in [0.5, 0.6) is 5.88 Å². The Hall–Kier alpha value is -2.71. The molecule has 0 aliphatic rings. The number of aryl methyl sites for hydroxylation is 1. The Labute approximate surface area is 175 Å². The van der Waals surface area contributed by atoms with E-state index in [9.17, 15) is 4.39 Å². The van der Waals surface area contributed by atoms with Crippen LogP contribution in [0.15, 0.2) is 51.1 Å². The molecule has 0 N–H and O–H groups in total. The van der Waals surface area contributed by atoms with Crippen LogP contribution in [0.1, 0.15) is 18.9 Å². The highest BCUT2D eigenvalue weighted by molar-refractivity contribution is 7.99. The third-order valence-corrected chi connectivity index (χ3v) is 5.03. The number of rotatable bonds is 6. The minimum atomic E-state index is -0.443. The van der Waals surface area contributed by atoms with Gasteiger partial charge in [0.25, 0.3) is 5.71 Å². The van der Waals surface area contributed by atoms with Gasteiger partial charge in [0.05, 0.1) is 17.2 Å². The Morgan fingerprint density at radius 1 is 1.17 bits per heavy atom. The maximum atomic E-state index is 13.7. The van der Waals surface area contributed by atoms with E-state index in [0.29, 0.717) is 33.7 Å². The third kappa shape index (κ3) is 4.33. The molecular weight excluding hydrogens is 415 g/mol. The van der Waals surface area contributed by atoms with Crippen LogP contribution < -0.4 is 4.74 Å². The van der Waals surface area contributed by atoms with E-state index >= 15 is 0 Å². The summed E-state index contributed by atoms with van der Waals surface area (Å²) in [5.74, 6) is 0.00614. The lowest BCUT2D eigenvalue weighted by Crippen LogP contribution is -2.00. The molecular formula is C20H16ClFN4O2S. The van der Waals surface area contributed by atoms with Gasteiger partial charge in [-0.3, -0.25) is 0 Å². The van der Waals surface area contributed by atoms with E-state index in [1.165, 1.54) is 30.0 Å². The maximum Gasteiger partial charge on any atom is 0.255 e. The summed E-state index contributed by atoms with van der Waals surface area (Å²) in [5, 5.41) is 1.47. The van der Waals surface area contributed by atoms with Gasteiger partial charge in [0.1, 0.15) is 10.8 Å². The van der Waals surface area contributed by atoms with Crippen molar-refractivity contribution in [1.29, 1.82) is 0 Å².